The Balaban J connectivity index is 2.66. The Morgan fingerprint density at radius 1 is 1.50 bits per heavy atom. The second kappa shape index (κ2) is 4.63. The summed E-state index contributed by atoms with van der Waals surface area (Å²) in [6.07, 6.45) is 4.37. The largest absolute Gasteiger partial charge is 0.465 e. The number of ether oxygens (including phenoxy) is 1. The maximum absolute atomic E-state index is 11.6. The Labute approximate surface area is 103 Å². The highest BCUT2D eigenvalue weighted by Crippen LogP contribution is 2.14. The molecular weight excluding hydrogens is 234 g/mol. The summed E-state index contributed by atoms with van der Waals surface area (Å²) in [4.78, 5) is 23.6. The summed E-state index contributed by atoms with van der Waals surface area (Å²) in [5.74, 6) is 0.333. The van der Waals surface area contributed by atoms with E-state index in [1.807, 2.05) is 6.07 Å². The number of hydrogen-bond acceptors (Lipinski definition) is 6. The van der Waals surface area contributed by atoms with Crippen molar-refractivity contribution in [3.63, 3.8) is 0 Å². The molecule has 0 amide bonds. The van der Waals surface area contributed by atoms with Gasteiger partial charge >= 0.3 is 5.97 Å². The third kappa shape index (κ3) is 1.91. The molecule has 0 radical (unpaired) electrons. The monoisotopic (exact) mass is 243 g/mol. The number of rotatable bonds is 2. The molecular formula is C11H9N5O2. The van der Waals surface area contributed by atoms with E-state index in [0.717, 1.165) is 0 Å². The van der Waals surface area contributed by atoms with Gasteiger partial charge in [-0.05, 0) is 6.92 Å². The predicted molar refractivity (Wildman–Crippen MR) is 59.9 cm³/mol. The highest BCUT2D eigenvalue weighted by Gasteiger charge is 2.17. The summed E-state index contributed by atoms with van der Waals surface area (Å²) < 4.78 is 6.07. The van der Waals surface area contributed by atoms with Crippen molar-refractivity contribution in [3.8, 4) is 11.9 Å². The average Bonchev–Trinajstić information content (AvgIpc) is 2.85. The Hall–Kier alpha value is -2.75. The number of carbonyl (C=O) groups is 1. The molecule has 0 unspecified atom stereocenters. The van der Waals surface area contributed by atoms with Gasteiger partial charge in [-0.2, -0.15) is 5.26 Å². The fourth-order valence-electron chi connectivity index (χ4n) is 1.45. The molecule has 2 heterocycles. The van der Waals surface area contributed by atoms with Gasteiger partial charge in [0, 0.05) is 18.6 Å². The molecule has 0 aliphatic rings. The lowest BCUT2D eigenvalue weighted by molar-refractivity contribution is 0.0599. The minimum atomic E-state index is -0.567. The molecule has 7 heteroatoms. The van der Waals surface area contributed by atoms with E-state index in [4.69, 9.17) is 5.26 Å². The van der Waals surface area contributed by atoms with Crippen molar-refractivity contribution in [2.45, 2.75) is 6.92 Å². The first-order valence-electron chi connectivity index (χ1n) is 5.03. The predicted octanol–water partition coefficient (Wildman–Crippen LogP) is 0.629. The molecule has 2 aromatic rings. The lowest BCUT2D eigenvalue weighted by atomic mass is 10.3. The van der Waals surface area contributed by atoms with E-state index in [0.29, 0.717) is 5.82 Å². The van der Waals surface area contributed by atoms with Gasteiger partial charge in [-0.25, -0.2) is 19.7 Å². The molecule has 2 aromatic heterocycles. The normalized spacial score (nSPS) is 9.83. The van der Waals surface area contributed by atoms with Crippen LogP contribution in [0.2, 0.25) is 0 Å². The van der Waals surface area contributed by atoms with Gasteiger partial charge in [0.1, 0.15) is 17.5 Å². The van der Waals surface area contributed by atoms with E-state index < -0.39 is 5.97 Å². The fraction of sp³-hybridized carbons (Fsp3) is 0.182. The zero-order valence-corrected chi connectivity index (χ0v) is 9.78. The molecule has 2 rings (SSSR count). The van der Waals surface area contributed by atoms with Crippen molar-refractivity contribution in [1.82, 2.24) is 19.5 Å². The number of aromatic nitrogens is 4. The van der Waals surface area contributed by atoms with Crippen molar-refractivity contribution in [1.29, 1.82) is 5.26 Å². The Morgan fingerprint density at radius 2 is 2.28 bits per heavy atom. The fourth-order valence-corrected chi connectivity index (χ4v) is 1.45. The van der Waals surface area contributed by atoms with Crippen LogP contribution in [-0.4, -0.2) is 32.6 Å². The van der Waals surface area contributed by atoms with Gasteiger partial charge in [-0.15, -0.1) is 0 Å². The molecule has 7 nitrogen and oxygen atoms in total. The first-order chi connectivity index (χ1) is 8.67. The number of imidazole rings is 1. The molecule has 0 saturated heterocycles. The van der Waals surface area contributed by atoms with Crippen molar-refractivity contribution in [2.24, 2.45) is 0 Å². The topological polar surface area (TPSA) is 93.7 Å². The summed E-state index contributed by atoms with van der Waals surface area (Å²) >= 11 is 0. The molecule has 0 aliphatic carbocycles. The Morgan fingerprint density at radius 3 is 2.94 bits per heavy atom. The maximum atomic E-state index is 11.6. The molecule has 90 valence electrons. The van der Waals surface area contributed by atoms with E-state index in [2.05, 4.69) is 19.7 Å². The zero-order chi connectivity index (χ0) is 13.1. The summed E-state index contributed by atoms with van der Waals surface area (Å²) in [5, 5.41) is 8.93. The van der Waals surface area contributed by atoms with Crippen LogP contribution in [-0.2, 0) is 4.74 Å². The second-order valence-electron chi connectivity index (χ2n) is 3.38. The third-order valence-electron chi connectivity index (χ3n) is 2.26. The molecule has 0 N–H and O–H groups in total. The van der Waals surface area contributed by atoms with Crippen LogP contribution in [0.25, 0.3) is 5.82 Å². The van der Waals surface area contributed by atoms with Crippen LogP contribution in [0.1, 0.15) is 22.0 Å². The van der Waals surface area contributed by atoms with Gasteiger partial charge in [0.05, 0.1) is 7.11 Å². The van der Waals surface area contributed by atoms with Crippen LogP contribution in [0.15, 0.2) is 18.6 Å². The van der Waals surface area contributed by atoms with Gasteiger partial charge in [-0.1, -0.05) is 0 Å². The molecule has 18 heavy (non-hydrogen) atoms. The van der Waals surface area contributed by atoms with Crippen LogP contribution >= 0.6 is 0 Å². The first kappa shape index (κ1) is 11.7. The van der Waals surface area contributed by atoms with Gasteiger partial charge < -0.3 is 4.74 Å². The molecule has 0 fully saturated rings. The zero-order valence-electron chi connectivity index (χ0n) is 9.78. The van der Waals surface area contributed by atoms with Crippen LogP contribution in [0.4, 0.5) is 0 Å². The smallest absolute Gasteiger partial charge is 0.343 e. The number of nitrogens with zero attached hydrogens (tertiary/aromatic N) is 5. The van der Waals surface area contributed by atoms with Crippen molar-refractivity contribution >= 4 is 5.97 Å². The van der Waals surface area contributed by atoms with E-state index in [1.54, 1.807) is 13.1 Å². The molecule has 0 saturated carbocycles. The molecule has 0 spiro atoms. The van der Waals surface area contributed by atoms with Crippen LogP contribution in [0, 0.1) is 18.3 Å². The highest BCUT2D eigenvalue weighted by atomic mass is 16.5. The van der Waals surface area contributed by atoms with Gasteiger partial charge in [-0.3, -0.25) is 4.57 Å². The summed E-state index contributed by atoms with van der Waals surface area (Å²) in [7, 11) is 1.27. The van der Waals surface area contributed by atoms with Crippen molar-refractivity contribution in [2.75, 3.05) is 7.11 Å². The van der Waals surface area contributed by atoms with E-state index >= 15 is 0 Å². The van der Waals surface area contributed by atoms with E-state index in [9.17, 15) is 4.79 Å². The number of aryl methyl sites for hydroxylation is 1. The summed E-state index contributed by atoms with van der Waals surface area (Å²) in [6, 6.07) is 1.92. The second-order valence-corrected chi connectivity index (χ2v) is 3.38. The van der Waals surface area contributed by atoms with E-state index in [1.165, 1.54) is 24.1 Å². The minimum Gasteiger partial charge on any atom is -0.465 e. The third-order valence-corrected chi connectivity index (χ3v) is 2.26. The average molecular weight is 243 g/mol. The highest BCUT2D eigenvalue weighted by molar-refractivity contribution is 5.92. The number of nitriles is 1. The molecule has 0 bridgehead atoms. The molecule has 0 aliphatic heterocycles. The quantitative estimate of drug-likeness (QED) is 0.718. The van der Waals surface area contributed by atoms with E-state index in [-0.39, 0.29) is 17.2 Å². The Bertz CT molecular complexity index is 641. The number of methoxy groups -OCH3 is 1. The SMILES string of the molecule is COC(=O)c1cnc(C)nc1-n1ccnc1C#N. The number of carbonyl (C=O) groups excluding carboxylic acids is 1. The van der Waals surface area contributed by atoms with Gasteiger partial charge in [0.15, 0.2) is 5.82 Å². The van der Waals surface area contributed by atoms with Crippen LogP contribution < -0.4 is 0 Å². The van der Waals surface area contributed by atoms with Gasteiger partial charge in [0.2, 0.25) is 5.82 Å². The lowest BCUT2D eigenvalue weighted by Crippen LogP contribution is -2.12. The first-order valence-corrected chi connectivity index (χ1v) is 5.03. The minimum absolute atomic E-state index is 0.137. The van der Waals surface area contributed by atoms with Crippen LogP contribution in [0.5, 0.6) is 0 Å². The molecule has 0 aromatic carbocycles. The van der Waals surface area contributed by atoms with Crippen molar-refractivity contribution < 1.29 is 9.53 Å². The van der Waals surface area contributed by atoms with Crippen molar-refractivity contribution in [3.05, 3.63) is 35.8 Å². The number of esters is 1. The Kier molecular flexibility index (Phi) is 3.02. The maximum Gasteiger partial charge on any atom is 0.343 e. The summed E-state index contributed by atoms with van der Waals surface area (Å²) in [5.41, 5.74) is 0.178. The summed E-state index contributed by atoms with van der Waals surface area (Å²) in [6.45, 7) is 1.69. The van der Waals surface area contributed by atoms with Crippen LogP contribution in [0.3, 0.4) is 0 Å². The standard InChI is InChI=1S/C11H9N5O2/c1-7-14-6-8(11(17)18-2)10(15-7)16-4-3-13-9(16)5-12/h3-4,6H,1-2H3. The number of hydrogen-bond donors (Lipinski definition) is 0. The lowest BCUT2D eigenvalue weighted by Gasteiger charge is -2.08. The van der Waals surface area contributed by atoms with Gasteiger partial charge in [0.25, 0.3) is 0 Å². The molecule has 0 atom stereocenters.